The lowest BCUT2D eigenvalue weighted by Gasteiger charge is -2.13. The zero-order valence-electron chi connectivity index (χ0n) is 18.0. The summed E-state index contributed by atoms with van der Waals surface area (Å²) in [5, 5.41) is 10.9. The number of aliphatic imine (C=N–C) groups is 1. The van der Waals surface area contributed by atoms with Gasteiger partial charge in [-0.3, -0.25) is 4.99 Å². The molecule has 0 spiro atoms. The van der Waals surface area contributed by atoms with Crippen LogP contribution >= 0.6 is 24.0 Å². The Labute approximate surface area is 190 Å². The van der Waals surface area contributed by atoms with Crippen LogP contribution in [0.5, 0.6) is 11.5 Å². The highest BCUT2D eigenvalue weighted by atomic mass is 127. The average molecular weight is 516 g/mol. The van der Waals surface area contributed by atoms with Crippen molar-refractivity contribution in [2.75, 3.05) is 27.8 Å². The van der Waals surface area contributed by atoms with Crippen molar-refractivity contribution in [2.24, 2.45) is 4.99 Å². The summed E-state index contributed by atoms with van der Waals surface area (Å²) in [5.41, 5.74) is 3.36. The maximum absolute atomic E-state index is 5.42. The summed E-state index contributed by atoms with van der Waals surface area (Å²) in [7, 11) is 5.08. The fourth-order valence-electron chi connectivity index (χ4n) is 3.07. The van der Waals surface area contributed by atoms with Gasteiger partial charge >= 0.3 is 0 Å². The lowest BCUT2D eigenvalue weighted by molar-refractivity contribution is 0.354. The van der Waals surface area contributed by atoms with Crippen molar-refractivity contribution in [1.82, 2.24) is 15.8 Å². The van der Waals surface area contributed by atoms with Crippen LogP contribution in [-0.4, -0.2) is 38.9 Å². The first-order valence-corrected chi connectivity index (χ1v) is 9.78. The molecule has 1 aromatic carbocycles. The number of ether oxygens (including phenoxy) is 2. The largest absolute Gasteiger partial charge is 0.493 e. The topological polar surface area (TPSA) is 80.9 Å². The van der Waals surface area contributed by atoms with E-state index in [9.17, 15) is 0 Å². The Morgan fingerprint density at radius 2 is 1.86 bits per heavy atom. The van der Waals surface area contributed by atoms with Crippen molar-refractivity contribution in [2.45, 2.75) is 46.1 Å². The highest BCUT2D eigenvalue weighted by Crippen LogP contribution is 2.27. The van der Waals surface area contributed by atoms with Crippen LogP contribution < -0.4 is 20.1 Å². The molecule has 7 nitrogen and oxygen atoms in total. The second-order valence-electron chi connectivity index (χ2n) is 6.38. The predicted octanol–water partition coefficient (Wildman–Crippen LogP) is 3.73. The number of nitrogens with zero attached hydrogens (tertiary/aromatic N) is 2. The van der Waals surface area contributed by atoms with Crippen molar-refractivity contribution in [3.63, 3.8) is 0 Å². The van der Waals surface area contributed by atoms with Crippen LogP contribution in [0, 0.1) is 0 Å². The molecule has 0 radical (unpaired) electrons. The lowest BCUT2D eigenvalue weighted by Crippen LogP contribution is -2.37. The summed E-state index contributed by atoms with van der Waals surface area (Å²) < 4.78 is 16.1. The van der Waals surface area contributed by atoms with Crippen LogP contribution in [0.3, 0.4) is 0 Å². The normalized spacial score (nSPS) is 11.0. The van der Waals surface area contributed by atoms with E-state index in [2.05, 4.69) is 40.7 Å². The van der Waals surface area contributed by atoms with Gasteiger partial charge in [0.2, 0.25) is 0 Å². The molecule has 2 rings (SSSR count). The molecule has 0 unspecified atom stereocenters. The molecule has 0 aliphatic heterocycles. The Morgan fingerprint density at radius 3 is 2.48 bits per heavy atom. The van der Waals surface area contributed by atoms with E-state index in [1.165, 1.54) is 5.56 Å². The molecule has 29 heavy (non-hydrogen) atoms. The van der Waals surface area contributed by atoms with Crippen LogP contribution in [0.25, 0.3) is 0 Å². The molecule has 1 heterocycles. The fraction of sp³-hybridized carbons (Fsp3) is 0.524. The van der Waals surface area contributed by atoms with E-state index in [0.29, 0.717) is 6.54 Å². The minimum atomic E-state index is 0. The summed E-state index contributed by atoms with van der Waals surface area (Å²) in [4.78, 5) is 4.30. The lowest BCUT2D eigenvalue weighted by atomic mass is 10.1. The van der Waals surface area contributed by atoms with Crippen molar-refractivity contribution >= 4 is 29.9 Å². The van der Waals surface area contributed by atoms with E-state index in [1.54, 1.807) is 21.3 Å². The molecule has 1 aromatic heterocycles. The first kappa shape index (κ1) is 25.1. The smallest absolute Gasteiger partial charge is 0.191 e. The molecule has 0 bridgehead atoms. The van der Waals surface area contributed by atoms with Crippen LogP contribution in [-0.2, 0) is 25.8 Å². The van der Waals surface area contributed by atoms with Crippen LogP contribution in [0.4, 0.5) is 0 Å². The number of nitrogens with one attached hydrogen (secondary N) is 2. The zero-order valence-corrected chi connectivity index (χ0v) is 20.3. The molecule has 0 aliphatic carbocycles. The number of methoxy groups -OCH3 is 2. The molecule has 0 amide bonds. The molecule has 8 heteroatoms. The maximum Gasteiger partial charge on any atom is 0.191 e. The van der Waals surface area contributed by atoms with Crippen molar-refractivity contribution in [1.29, 1.82) is 0 Å². The van der Waals surface area contributed by atoms with Gasteiger partial charge in [0, 0.05) is 32.1 Å². The van der Waals surface area contributed by atoms with Gasteiger partial charge in [-0.05, 0) is 37.0 Å². The van der Waals surface area contributed by atoms with E-state index >= 15 is 0 Å². The number of halogens is 1. The van der Waals surface area contributed by atoms with Gasteiger partial charge in [-0.1, -0.05) is 25.1 Å². The third-order valence-corrected chi connectivity index (χ3v) is 4.65. The van der Waals surface area contributed by atoms with E-state index in [4.69, 9.17) is 14.0 Å². The van der Waals surface area contributed by atoms with Crippen LogP contribution in [0.2, 0.25) is 0 Å². The maximum atomic E-state index is 5.42. The first-order valence-electron chi connectivity index (χ1n) is 9.78. The third kappa shape index (κ3) is 7.09. The summed E-state index contributed by atoms with van der Waals surface area (Å²) in [6.07, 6.45) is 3.61. The van der Waals surface area contributed by atoms with Gasteiger partial charge in [0.25, 0.3) is 0 Å². The molecular weight excluding hydrogens is 483 g/mol. The van der Waals surface area contributed by atoms with Gasteiger partial charge < -0.3 is 24.6 Å². The Balaban J connectivity index is 0.00000420. The summed E-state index contributed by atoms with van der Waals surface area (Å²) in [6.45, 7) is 5.64. The minimum Gasteiger partial charge on any atom is -0.493 e. The number of benzene rings is 1. The summed E-state index contributed by atoms with van der Waals surface area (Å²) in [6, 6.07) is 6.03. The van der Waals surface area contributed by atoms with E-state index in [-0.39, 0.29) is 24.0 Å². The highest BCUT2D eigenvalue weighted by molar-refractivity contribution is 14.0. The molecular formula is C21H33IN4O3. The molecule has 0 fully saturated rings. The second kappa shape index (κ2) is 13.3. The monoisotopic (exact) mass is 516 g/mol. The van der Waals surface area contributed by atoms with Gasteiger partial charge in [-0.25, -0.2) is 0 Å². The molecule has 2 aromatic rings. The van der Waals surface area contributed by atoms with E-state index < -0.39 is 0 Å². The Bertz CT molecular complexity index is 756. The Kier molecular flexibility index (Phi) is 11.5. The number of guanidine groups is 1. The van der Waals surface area contributed by atoms with Crippen molar-refractivity contribution in [3.05, 3.63) is 40.8 Å². The molecule has 0 atom stereocenters. The predicted molar refractivity (Wildman–Crippen MR) is 127 cm³/mol. The summed E-state index contributed by atoms with van der Waals surface area (Å²) >= 11 is 0. The zero-order chi connectivity index (χ0) is 20.4. The standard InChI is InChI=1S/C21H32N4O3.HI/c1-6-17-16(18(7-2)28-25-17)14-24-21(22-3)23-12-8-9-15-10-11-19(26-4)20(13-15)27-5;/h10-11,13H,6-9,12,14H2,1-5H3,(H2,22,23,24);1H. The number of hydrogen-bond donors (Lipinski definition) is 2. The number of aryl methyl sites for hydroxylation is 3. The summed E-state index contributed by atoms with van der Waals surface area (Å²) in [5.74, 6) is 3.23. The van der Waals surface area contributed by atoms with Crippen molar-refractivity contribution in [3.8, 4) is 11.5 Å². The Morgan fingerprint density at radius 1 is 1.10 bits per heavy atom. The van der Waals surface area contributed by atoms with Crippen LogP contribution in [0.15, 0.2) is 27.7 Å². The molecule has 0 saturated heterocycles. The average Bonchev–Trinajstić information content (AvgIpc) is 3.14. The van der Waals surface area contributed by atoms with Gasteiger partial charge in [-0.2, -0.15) is 0 Å². The molecule has 162 valence electrons. The third-order valence-electron chi connectivity index (χ3n) is 4.65. The van der Waals surface area contributed by atoms with E-state index in [1.807, 2.05) is 12.1 Å². The van der Waals surface area contributed by atoms with Crippen molar-refractivity contribution < 1.29 is 14.0 Å². The van der Waals surface area contributed by atoms with Gasteiger partial charge in [0.05, 0.1) is 19.9 Å². The molecule has 2 N–H and O–H groups in total. The van der Waals surface area contributed by atoms with Crippen LogP contribution in [0.1, 0.15) is 42.8 Å². The molecule has 0 aliphatic rings. The van der Waals surface area contributed by atoms with Gasteiger partial charge in [0.1, 0.15) is 5.76 Å². The quantitative estimate of drug-likeness (QED) is 0.217. The molecule has 0 saturated carbocycles. The van der Waals surface area contributed by atoms with E-state index in [0.717, 1.165) is 66.7 Å². The fourth-order valence-corrected chi connectivity index (χ4v) is 3.07. The second-order valence-corrected chi connectivity index (χ2v) is 6.38. The number of aromatic nitrogens is 1. The van der Waals surface area contributed by atoms with Gasteiger partial charge in [0.15, 0.2) is 17.5 Å². The highest BCUT2D eigenvalue weighted by Gasteiger charge is 2.13. The minimum absolute atomic E-state index is 0. The number of hydrogen-bond acceptors (Lipinski definition) is 5. The van der Waals surface area contributed by atoms with Gasteiger partial charge in [-0.15, -0.1) is 24.0 Å². The SMILES string of the molecule is CCc1noc(CC)c1CNC(=NC)NCCCc1ccc(OC)c(OC)c1.I. The Hall–Kier alpha value is -1.97. The number of rotatable bonds is 10. The first-order chi connectivity index (χ1) is 13.7.